The van der Waals surface area contributed by atoms with E-state index < -0.39 is 0 Å². The molecule has 0 spiro atoms. The number of hydrogen-bond donors (Lipinski definition) is 0. The summed E-state index contributed by atoms with van der Waals surface area (Å²) >= 11 is 3.49. The lowest BCUT2D eigenvalue weighted by molar-refractivity contribution is 0.148. The summed E-state index contributed by atoms with van der Waals surface area (Å²) in [5.41, 5.74) is 2.34. The van der Waals surface area contributed by atoms with Crippen LogP contribution in [0.1, 0.15) is 19.8 Å². The van der Waals surface area contributed by atoms with Crippen molar-refractivity contribution >= 4 is 26.8 Å². The molecule has 0 bridgehead atoms. The summed E-state index contributed by atoms with van der Waals surface area (Å²) in [6.07, 6.45) is 4.30. The molecule has 28 heavy (non-hydrogen) atoms. The summed E-state index contributed by atoms with van der Waals surface area (Å²) in [6, 6.07) is 16.8. The molecule has 0 unspecified atom stereocenters. The number of hydrogen-bond acceptors (Lipinski definition) is 3. The van der Waals surface area contributed by atoms with Crippen LogP contribution in [-0.4, -0.2) is 49.4 Å². The maximum atomic E-state index is 5.98. The third-order valence-corrected chi connectivity index (χ3v) is 5.49. The molecule has 0 N–H and O–H groups in total. The van der Waals surface area contributed by atoms with Gasteiger partial charge in [0.05, 0.1) is 18.7 Å². The Labute approximate surface area is 176 Å². The molecule has 1 heterocycles. The first-order valence-corrected chi connectivity index (χ1v) is 10.7. The lowest BCUT2D eigenvalue weighted by Gasteiger charge is -2.19. The van der Waals surface area contributed by atoms with E-state index >= 15 is 0 Å². The number of fused-ring (bicyclic) bond motifs is 1. The van der Waals surface area contributed by atoms with Crippen LogP contribution in [0.3, 0.4) is 0 Å². The van der Waals surface area contributed by atoms with Gasteiger partial charge in [-0.3, -0.25) is 0 Å². The molecule has 3 rings (SSSR count). The van der Waals surface area contributed by atoms with Gasteiger partial charge in [-0.15, -0.1) is 0 Å². The van der Waals surface area contributed by atoms with E-state index in [1.165, 1.54) is 10.9 Å². The zero-order valence-corrected chi connectivity index (χ0v) is 18.3. The van der Waals surface area contributed by atoms with E-state index in [0.717, 1.165) is 61.6 Å². The van der Waals surface area contributed by atoms with E-state index in [0.29, 0.717) is 0 Å². The molecular formula is C23H29BrN2O2. The van der Waals surface area contributed by atoms with Crippen molar-refractivity contribution in [3.05, 3.63) is 59.2 Å². The van der Waals surface area contributed by atoms with Crippen LogP contribution in [0.25, 0.3) is 16.6 Å². The van der Waals surface area contributed by atoms with E-state index in [-0.39, 0.29) is 0 Å². The van der Waals surface area contributed by atoms with Gasteiger partial charge in [-0.25, -0.2) is 0 Å². The van der Waals surface area contributed by atoms with Crippen molar-refractivity contribution in [1.82, 2.24) is 9.47 Å². The summed E-state index contributed by atoms with van der Waals surface area (Å²) in [7, 11) is 1.76. The number of unbranched alkanes of at least 4 members (excludes halogenated alkanes) is 1. The number of rotatable bonds is 11. The number of methoxy groups -OCH3 is 1. The molecule has 150 valence electrons. The topological polar surface area (TPSA) is 26.6 Å². The van der Waals surface area contributed by atoms with Crippen LogP contribution in [0.5, 0.6) is 5.75 Å². The van der Waals surface area contributed by atoms with Crippen molar-refractivity contribution in [3.63, 3.8) is 0 Å². The minimum Gasteiger partial charge on any atom is -0.494 e. The molecule has 1 aromatic heterocycles. The molecule has 4 nitrogen and oxygen atoms in total. The Morgan fingerprint density at radius 1 is 0.964 bits per heavy atom. The van der Waals surface area contributed by atoms with Gasteiger partial charge in [-0.2, -0.15) is 0 Å². The molecule has 0 amide bonds. The number of likely N-dealkylation sites (N-methyl/N-ethyl adjacent to an activating group) is 1. The van der Waals surface area contributed by atoms with Crippen LogP contribution in [0.2, 0.25) is 0 Å². The molecule has 0 aliphatic heterocycles. The maximum Gasteiger partial charge on any atom is 0.120 e. The molecule has 0 aliphatic rings. The van der Waals surface area contributed by atoms with Crippen molar-refractivity contribution in [2.75, 3.05) is 40.0 Å². The Morgan fingerprint density at radius 2 is 1.79 bits per heavy atom. The standard InChI is InChI=1S/C23H29BrN2O2/c1-3-25(15-17-27-2)13-4-5-16-28-22-10-11-23-19(18-22)12-14-26(23)21-8-6-20(24)7-9-21/h6-12,14,18H,3-5,13,15-17H2,1-2H3. The van der Waals surface area contributed by atoms with Crippen LogP contribution in [-0.2, 0) is 4.74 Å². The highest BCUT2D eigenvalue weighted by Gasteiger charge is 2.06. The first-order chi connectivity index (χ1) is 13.7. The van der Waals surface area contributed by atoms with Gasteiger partial charge in [0.2, 0.25) is 0 Å². The predicted molar refractivity (Wildman–Crippen MR) is 120 cm³/mol. The summed E-state index contributed by atoms with van der Waals surface area (Å²) in [5.74, 6) is 0.938. The summed E-state index contributed by atoms with van der Waals surface area (Å²) < 4.78 is 14.4. The Morgan fingerprint density at radius 3 is 2.54 bits per heavy atom. The third-order valence-electron chi connectivity index (χ3n) is 4.96. The summed E-state index contributed by atoms with van der Waals surface area (Å²) in [4.78, 5) is 2.42. The van der Waals surface area contributed by atoms with Gasteiger partial charge in [-0.1, -0.05) is 22.9 Å². The highest BCUT2D eigenvalue weighted by Crippen LogP contribution is 2.25. The predicted octanol–water partition coefficient (Wildman–Crippen LogP) is 5.52. The second-order valence-electron chi connectivity index (χ2n) is 6.87. The minimum absolute atomic E-state index is 0.751. The molecule has 5 heteroatoms. The fraction of sp³-hybridized carbons (Fsp3) is 0.391. The number of ether oxygens (including phenoxy) is 2. The van der Waals surface area contributed by atoms with Crippen molar-refractivity contribution in [1.29, 1.82) is 0 Å². The lowest BCUT2D eigenvalue weighted by atomic mass is 10.2. The maximum absolute atomic E-state index is 5.98. The van der Waals surface area contributed by atoms with E-state index in [2.05, 4.69) is 87.0 Å². The van der Waals surface area contributed by atoms with Crippen molar-refractivity contribution in [2.45, 2.75) is 19.8 Å². The largest absolute Gasteiger partial charge is 0.494 e. The molecule has 2 aromatic carbocycles. The first-order valence-electron chi connectivity index (χ1n) is 9.92. The second-order valence-corrected chi connectivity index (χ2v) is 7.78. The van der Waals surface area contributed by atoms with Gasteiger partial charge < -0.3 is 18.9 Å². The number of aromatic nitrogens is 1. The average Bonchev–Trinajstić information content (AvgIpc) is 3.14. The summed E-state index contributed by atoms with van der Waals surface area (Å²) in [5, 5.41) is 1.19. The number of benzene rings is 2. The molecule has 0 saturated heterocycles. The minimum atomic E-state index is 0.751. The van der Waals surface area contributed by atoms with E-state index in [4.69, 9.17) is 9.47 Å². The molecule has 0 saturated carbocycles. The van der Waals surface area contributed by atoms with Crippen LogP contribution in [0, 0.1) is 0 Å². The molecule has 0 fully saturated rings. The zero-order chi connectivity index (χ0) is 19.8. The Kier molecular flexibility index (Phi) is 7.95. The van der Waals surface area contributed by atoms with Crippen LogP contribution >= 0.6 is 15.9 Å². The van der Waals surface area contributed by atoms with Crippen LogP contribution < -0.4 is 4.74 Å². The fourth-order valence-corrected chi connectivity index (χ4v) is 3.58. The number of halogens is 1. The first kappa shape index (κ1) is 20.9. The Balaban J connectivity index is 1.52. The Hall–Kier alpha value is -1.82. The average molecular weight is 445 g/mol. The monoisotopic (exact) mass is 444 g/mol. The fourth-order valence-electron chi connectivity index (χ4n) is 3.31. The molecule has 0 atom stereocenters. The van der Waals surface area contributed by atoms with Crippen molar-refractivity contribution < 1.29 is 9.47 Å². The van der Waals surface area contributed by atoms with Crippen molar-refractivity contribution in [2.24, 2.45) is 0 Å². The SMILES string of the molecule is CCN(CCCCOc1ccc2c(ccn2-c2ccc(Br)cc2)c1)CCOC. The molecule has 0 aliphatic carbocycles. The molecule has 3 aromatic rings. The highest BCUT2D eigenvalue weighted by atomic mass is 79.9. The zero-order valence-electron chi connectivity index (χ0n) is 16.7. The Bertz CT molecular complexity index is 861. The summed E-state index contributed by atoms with van der Waals surface area (Å²) in [6.45, 7) is 6.90. The third kappa shape index (κ3) is 5.60. The van der Waals surface area contributed by atoms with Crippen LogP contribution in [0.4, 0.5) is 0 Å². The van der Waals surface area contributed by atoms with Gasteiger partial charge in [0.25, 0.3) is 0 Å². The quantitative estimate of drug-likeness (QED) is 0.364. The van der Waals surface area contributed by atoms with E-state index in [1.807, 2.05) is 0 Å². The molecular weight excluding hydrogens is 416 g/mol. The smallest absolute Gasteiger partial charge is 0.120 e. The molecule has 0 radical (unpaired) electrons. The lowest BCUT2D eigenvalue weighted by Crippen LogP contribution is -2.28. The van der Waals surface area contributed by atoms with E-state index in [1.54, 1.807) is 7.11 Å². The van der Waals surface area contributed by atoms with Gasteiger partial charge >= 0.3 is 0 Å². The van der Waals surface area contributed by atoms with Gasteiger partial charge in [0, 0.05) is 35.4 Å². The van der Waals surface area contributed by atoms with Crippen molar-refractivity contribution in [3.8, 4) is 11.4 Å². The van der Waals surface area contributed by atoms with Gasteiger partial charge in [-0.05, 0) is 74.5 Å². The van der Waals surface area contributed by atoms with Gasteiger partial charge in [0.1, 0.15) is 5.75 Å². The normalized spacial score (nSPS) is 11.4. The van der Waals surface area contributed by atoms with E-state index in [9.17, 15) is 0 Å². The second kappa shape index (κ2) is 10.6. The van der Waals surface area contributed by atoms with Crippen LogP contribution in [0.15, 0.2) is 59.2 Å². The number of nitrogens with zero attached hydrogens (tertiary/aromatic N) is 2. The van der Waals surface area contributed by atoms with Gasteiger partial charge in [0.15, 0.2) is 0 Å². The highest BCUT2D eigenvalue weighted by molar-refractivity contribution is 9.10.